The summed E-state index contributed by atoms with van der Waals surface area (Å²) >= 11 is 0. The van der Waals surface area contributed by atoms with Crippen molar-refractivity contribution >= 4 is 22.7 Å². The van der Waals surface area contributed by atoms with Gasteiger partial charge in [-0.3, -0.25) is 14.4 Å². The summed E-state index contributed by atoms with van der Waals surface area (Å²) in [6.07, 6.45) is 1.54. The molecule has 1 aromatic heterocycles. The Kier molecular flexibility index (Phi) is 4.64. The zero-order valence-corrected chi connectivity index (χ0v) is 13.7. The second kappa shape index (κ2) is 6.86. The smallest absolute Gasteiger partial charge is 0.252 e. The third kappa shape index (κ3) is 3.48. The summed E-state index contributed by atoms with van der Waals surface area (Å²) in [5, 5.41) is 3.60. The summed E-state index contributed by atoms with van der Waals surface area (Å²) in [6, 6.07) is 8.56. The van der Waals surface area contributed by atoms with Crippen LogP contribution >= 0.6 is 0 Å². The molecule has 1 atom stereocenters. The second-order valence-electron chi connectivity index (χ2n) is 6.35. The van der Waals surface area contributed by atoms with Gasteiger partial charge in [0.2, 0.25) is 11.5 Å². The van der Waals surface area contributed by atoms with Gasteiger partial charge in [0.25, 0.3) is 5.91 Å². The Hall–Kier alpha value is -2.63. The van der Waals surface area contributed by atoms with Crippen LogP contribution in [0.5, 0.6) is 0 Å². The number of amides is 2. The highest BCUT2D eigenvalue weighted by atomic mass is 16.2. The molecule has 1 fully saturated rings. The number of carbonyl (C=O) groups is 2. The highest BCUT2D eigenvalue weighted by Crippen LogP contribution is 2.15. The second-order valence-corrected chi connectivity index (χ2v) is 6.35. The zero-order chi connectivity index (χ0) is 17.1. The van der Waals surface area contributed by atoms with Crippen LogP contribution in [0.1, 0.15) is 30.1 Å². The monoisotopic (exact) mass is 327 g/mol. The van der Waals surface area contributed by atoms with Gasteiger partial charge >= 0.3 is 0 Å². The fourth-order valence-corrected chi connectivity index (χ4v) is 3.09. The van der Waals surface area contributed by atoms with Gasteiger partial charge in [-0.1, -0.05) is 25.1 Å². The maximum absolute atomic E-state index is 12.5. The molecule has 2 heterocycles. The lowest BCUT2D eigenvalue weighted by atomic mass is 10.1. The minimum Gasteiger partial charge on any atom is -0.352 e. The molecule has 1 saturated heterocycles. The van der Waals surface area contributed by atoms with E-state index in [1.807, 2.05) is 30.0 Å². The van der Waals surface area contributed by atoms with Crippen molar-refractivity contribution in [3.8, 4) is 0 Å². The Morgan fingerprint density at radius 3 is 2.88 bits per heavy atom. The van der Waals surface area contributed by atoms with Crippen LogP contribution in [0.2, 0.25) is 0 Å². The molecule has 0 aliphatic carbocycles. The van der Waals surface area contributed by atoms with Crippen molar-refractivity contribution in [1.29, 1.82) is 0 Å². The first-order valence-corrected chi connectivity index (χ1v) is 8.22. The molecule has 0 radical (unpaired) electrons. The van der Waals surface area contributed by atoms with Crippen molar-refractivity contribution in [3.63, 3.8) is 0 Å². The lowest BCUT2D eigenvalue weighted by Gasteiger charge is -2.21. The molecule has 6 nitrogen and oxygen atoms in total. The van der Waals surface area contributed by atoms with E-state index in [9.17, 15) is 14.4 Å². The molecule has 0 spiro atoms. The molecule has 6 heteroatoms. The van der Waals surface area contributed by atoms with E-state index in [2.05, 4.69) is 10.3 Å². The number of fused-ring (bicyclic) bond motifs is 1. The molecule has 3 rings (SSSR count). The van der Waals surface area contributed by atoms with Gasteiger partial charge in [-0.15, -0.1) is 0 Å². The van der Waals surface area contributed by atoms with Gasteiger partial charge < -0.3 is 15.2 Å². The molecule has 1 aliphatic heterocycles. The Labute approximate surface area is 139 Å². The fourth-order valence-electron chi connectivity index (χ4n) is 3.09. The molecule has 1 aromatic carbocycles. The SMILES string of the molecule is C[C@@H](CNC(=O)c1cc(=O)[nH]c2ccccc12)CN1CCCC1=O. The molecule has 2 N–H and O–H groups in total. The number of benzene rings is 1. The summed E-state index contributed by atoms with van der Waals surface area (Å²) < 4.78 is 0. The summed E-state index contributed by atoms with van der Waals surface area (Å²) in [4.78, 5) is 40.4. The van der Waals surface area contributed by atoms with Gasteiger partial charge in [0.05, 0.1) is 5.56 Å². The first-order valence-electron chi connectivity index (χ1n) is 8.22. The van der Waals surface area contributed by atoms with Gasteiger partial charge in [-0.05, 0) is 18.4 Å². The van der Waals surface area contributed by atoms with Crippen molar-refractivity contribution < 1.29 is 9.59 Å². The standard InChI is InChI=1S/C18H21N3O3/c1-12(11-21-8-4-7-17(21)23)10-19-18(24)14-9-16(22)20-15-6-3-2-5-13(14)15/h2-3,5-6,9,12H,4,7-8,10-11H2,1H3,(H,19,24)(H,20,22)/t12-/m0/s1. The van der Waals surface area contributed by atoms with Crippen LogP contribution in [0.15, 0.2) is 35.1 Å². The van der Waals surface area contributed by atoms with Crippen LogP contribution in [-0.4, -0.2) is 41.3 Å². The number of rotatable bonds is 5. The lowest BCUT2D eigenvalue weighted by Crippen LogP contribution is -2.36. The van der Waals surface area contributed by atoms with Crippen molar-refractivity contribution in [2.24, 2.45) is 5.92 Å². The normalized spacial score (nSPS) is 15.7. The van der Waals surface area contributed by atoms with E-state index < -0.39 is 0 Å². The van der Waals surface area contributed by atoms with Gasteiger partial charge in [0.1, 0.15) is 0 Å². The fraction of sp³-hybridized carbons (Fsp3) is 0.389. The van der Waals surface area contributed by atoms with Crippen LogP contribution in [0.4, 0.5) is 0 Å². The molecular formula is C18H21N3O3. The van der Waals surface area contributed by atoms with Crippen LogP contribution in [0.25, 0.3) is 10.9 Å². The Bertz CT molecular complexity index is 828. The Morgan fingerprint density at radius 1 is 1.33 bits per heavy atom. The minimum atomic E-state index is -0.297. The number of aromatic amines is 1. The van der Waals surface area contributed by atoms with Crippen molar-refractivity contribution in [3.05, 3.63) is 46.2 Å². The van der Waals surface area contributed by atoms with Crippen LogP contribution in [-0.2, 0) is 4.79 Å². The number of aromatic nitrogens is 1. The number of hydrogen-bond donors (Lipinski definition) is 2. The maximum atomic E-state index is 12.5. The van der Waals surface area contributed by atoms with Crippen molar-refractivity contribution in [1.82, 2.24) is 15.2 Å². The first-order chi connectivity index (χ1) is 11.5. The topological polar surface area (TPSA) is 82.3 Å². The Balaban J connectivity index is 1.67. The van der Waals surface area contributed by atoms with E-state index >= 15 is 0 Å². The molecule has 2 aromatic rings. The molecule has 0 bridgehead atoms. The van der Waals surface area contributed by atoms with Crippen molar-refractivity contribution in [2.75, 3.05) is 19.6 Å². The zero-order valence-electron chi connectivity index (χ0n) is 13.7. The predicted molar refractivity (Wildman–Crippen MR) is 91.9 cm³/mol. The summed E-state index contributed by atoms with van der Waals surface area (Å²) in [6.45, 7) is 3.91. The molecule has 2 amide bonds. The number of para-hydroxylation sites is 1. The van der Waals surface area contributed by atoms with Gasteiger partial charge in [0.15, 0.2) is 0 Å². The molecule has 24 heavy (non-hydrogen) atoms. The summed E-state index contributed by atoms with van der Waals surface area (Å²) in [5.41, 5.74) is 0.722. The predicted octanol–water partition coefficient (Wildman–Crippen LogP) is 1.52. The van der Waals surface area contributed by atoms with E-state index in [0.29, 0.717) is 30.6 Å². The number of nitrogens with zero attached hydrogens (tertiary/aromatic N) is 1. The molecule has 126 valence electrons. The third-order valence-corrected chi connectivity index (χ3v) is 4.31. The summed E-state index contributed by atoms with van der Waals surface area (Å²) in [5.74, 6) is 0.0786. The molecule has 1 aliphatic rings. The maximum Gasteiger partial charge on any atom is 0.252 e. The van der Waals surface area contributed by atoms with Gasteiger partial charge in [-0.25, -0.2) is 0 Å². The van der Waals surface area contributed by atoms with Crippen LogP contribution in [0.3, 0.4) is 0 Å². The summed E-state index contributed by atoms with van der Waals surface area (Å²) in [7, 11) is 0. The quantitative estimate of drug-likeness (QED) is 0.873. The van der Waals surface area contributed by atoms with E-state index in [1.54, 1.807) is 6.07 Å². The first kappa shape index (κ1) is 16.2. The van der Waals surface area contributed by atoms with E-state index in [0.717, 1.165) is 18.4 Å². The highest BCUT2D eigenvalue weighted by Gasteiger charge is 2.22. The minimum absolute atomic E-state index is 0.157. The number of likely N-dealkylation sites (tertiary alicyclic amines) is 1. The van der Waals surface area contributed by atoms with Gasteiger partial charge in [-0.2, -0.15) is 0 Å². The Morgan fingerprint density at radius 2 is 2.12 bits per heavy atom. The highest BCUT2D eigenvalue weighted by molar-refractivity contribution is 6.05. The largest absolute Gasteiger partial charge is 0.352 e. The lowest BCUT2D eigenvalue weighted by molar-refractivity contribution is -0.128. The average molecular weight is 327 g/mol. The molecule has 0 saturated carbocycles. The van der Waals surface area contributed by atoms with E-state index in [1.165, 1.54) is 6.07 Å². The van der Waals surface area contributed by atoms with Crippen LogP contribution < -0.4 is 10.9 Å². The number of carbonyl (C=O) groups excluding carboxylic acids is 2. The van der Waals surface area contributed by atoms with Crippen molar-refractivity contribution in [2.45, 2.75) is 19.8 Å². The third-order valence-electron chi connectivity index (χ3n) is 4.31. The van der Waals surface area contributed by atoms with E-state index in [4.69, 9.17) is 0 Å². The number of nitrogens with one attached hydrogen (secondary N) is 2. The van der Waals surface area contributed by atoms with Gasteiger partial charge in [0, 0.05) is 43.0 Å². The number of hydrogen-bond acceptors (Lipinski definition) is 3. The number of pyridine rings is 1. The molecular weight excluding hydrogens is 306 g/mol. The number of H-pyrrole nitrogens is 1. The average Bonchev–Trinajstić information content (AvgIpc) is 2.96. The van der Waals surface area contributed by atoms with E-state index in [-0.39, 0.29) is 23.3 Å². The van der Waals surface area contributed by atoms with Crippen LogP contribution in [0, 0.1) is 5.92 Å². The molecule has 0 unspecified atom stereocenters.